The van der Waals surface area contributed by atoms with Gasteiger partial charge in [0, 0.05) is 32.8 Å². The van der Waals surface area contributed by atoms with Crippen LogP contribution < -0.4 is 10.6 Å². The van der Waals surface area contributed by atoms with Gasteiger partial charge in [-0.05, 0) is 56.1 Å². The zero-order chi connectivity index (χ0) is 21.0. The SMILES string of the molecule is CN(C)C(=O)CN=C(NC1CCc2ccccc2C1)NC1CCOC2(CCCC2)C1.I. The van der Waals surface area contributed by atoms with E-state index in [4.69, 9.17) is 4.74 Å². The number of amides is 1. The van der Waals surface area contributed by atoms with Crippen LogP contribution in [0, 0.1) is 0 Å². The molecule has 4 rings (SSSR count). The van der Waals surface area contributed by atoms with Gasteiger partial charge in [-0.1, -0.05) is 37.1 Å². The van der Waals surface area contributed by atoms with Crippen molar-refractivity contribution in [2.75, 3.05) is 27.2 Å². The molecule has 0 radical (unpaired) electrons. The van der Waals surface area contributed by atoms with Crippen molar-refractivity contribution in [3.05, 3.63) is 35.4 Å². The molecule has 0 aromatic heterocycles. The van der Waals surface area contributed by atoms with Crippen LogP contribution in [0.3, 0.4) is 0 Å². The maximum absolute atomic E-state index is 12.1. The molecule has 2 unspecified atom stereocenters. The summed E-state index contributed by atoms with van der Waals surface area (Å²) in [5.41, 5.74) is 2.93. The van der Waals surface area contributed by atoms with Crippen LogP contribution in [0.15, 0.2) is 29.3 Å². The van der Waals surface area contributed by atoms with E-state index in [0.717, 1.165) is 44.7 Å². The second kappa shape index (κ2) is 11.0. The topological polar surface area (TPSA) is 66.0 Å². The molecule has 2 atom stereocenters. The highest BCUT2D eigenvalue weighted by atomic mass is 127. The third-order valence-corrected chi connectivity index (χ3v) is 6.91. The summed E-state index contributed by atoms with van der Waals surface area (Å²) in [6.07, 6.45) is 10.1. The van der Waals surface area contributed by atoms with Gasteiger partial charge in [0.15, 0.2) is 5.96 Å². The van der Waals surface area contributed by atoms with Crippen molar-refractivity contribution in [2.24, 2.45) is 4.99 Å². The predicted octanol–water partition coefficient (Wildman–Crippen LogP) is 3.28. The molecule has 1 amide bonds. The number of hydrogen-bond donors (Lipinski definition) is 2. The summed E-state index contributed by atoms with van der Waals surface area (Å²) in [6, 6.07) is 9.38. The molecule has 2 N–H and O–H groups in total. The van der Waals surface area contributed by atoms with Crippen LogP contribution in [-0.2, 0) is 22.4 Å². The van der Waals surface area contributed by atoms with E-state index in [0.29, 0.717) is 12.1 Å². The molecule has 0 bridgehead atoms. The monoisotopic (exact) mass is 540 g/mol. The zero-order valence-electron chi connectivity index (χ0n) is 18.9. The number of carbonyl (C=O) groups is 1. The Hall–Kier alpha value is -1.35. The van der Waals surface area contributed by atoms with E-state index in [9.17, 15) is 4.79 Å². The number of carbonyl (C=O) groups excluding carboxylic acids is 1. The van der Waals surface area contributed by atoms with Gasteiger partial charge in [-0.2, -0.15) is 0 Å². The Morgan fingerprint density at radius 2 is 1.84 bits per heavy atom. The van der Waals surface area contributed by atoms with Gasteiger partial charge in [0.1, 0.15) is 6.54 Å². The summed E-state index contributed by atoms with van der Waals surface area (Å²) in [4.78, 5) is 18.4. The number of hydrogen-bond acceptors (Lipinski definition) is 3. The Balaban J connectivity index is 0.00000272. The number of fused-ring (bicyclic) bond motifs is 1. The van der Waals surface area contributed by atoms with E-state index in [1.54, 1.807) is 19.0 Å². The molecule has 2 fully saturated rings. The number of aliphatic imine (C=N–C) groups is 1. The third kappa shape index (κ3) is 6.34. The maximum Gasteiger partial charge on any atom is 0.243 e. The van der Waals surface area contributed by atoms with E-state index >= 15 is 0 Å². The number of aryl methyl sites for hydroxylation is 1. The summed E-state index contributed by atoms with van der Waals surface area (Å²) >= 11 is 0. The number of likely N-dealkylation sites (N-methyl/N-ethyl adjacent to an activating group) is 1. The lowest BCUT2D eigenvalue weighted by Gasteiger charge is -2.39. The fourth-order valence-corrected chi connectivity index (χ4v) is 5.15. The third-order valence-electron chi connectivity index (χ3n) is 6.91. The number of halogens is 1. The lowest BCUT2D eigenvalue weighted by Crippen LogP contribution is -2.53. The van der Waals surface area contributed by atoms with Crippen molar-refractivity contribution in [3.63, 3.8) is 0 Å². The molecule has 1 aromatic rings. The number of ether oxygens (including phenoxy) is 1. The highest BCUT2D eigenvalue weighted by Gasteiger charge is 2.40. The molecule has 7 heteroatoms. The van der Waals surface area contributed by atoms with Gasteiger partial charge in [-0.25, -0.2) is 4.99 Å². The van der Waals surface area contributed by atoms with Gasteiger partial charge in [-0.3, -0.25) is 4.79 Å². The minimum atomic E-state index is 0. The summed E-state index contributed by atoms with van der Waals surface area (Å²) in [5.74, 6) is 0.791. The van der Waals surface area contributed by atoms with Crippen molar-refractivity contribution in [1.82, 2.24) is 15.5 Å². The lowest BCUT2D eigenvalue weighted by atomic mass is 9.88. The van der Waals surface area contributed by atoms with Gasteiger partial charge in [0.2, 0.25) is 5.91 Å². The van der Waals surface area contributed by atoms with Gasteiger partial charge < -0.3 is 20.3 Å². The number of guanidine groups is 1. The molecule has 1 saturated carbocycles. The fourth-order valence-electron chi connectivity index (χ4n) is 5.15. The summed E-state index contributed by atoms with van der Waals surface area (Å²) in [6.45, 7) is 0.971. The molecule has 3 aliphatic rings. The number of rotatable bonds is 4. The van der Waals surface area contributed by atoms with Gasteiger partial charge in [0.25, 0.3) is 0 Å². The minimum Gasteiger partial charge on any atom is -0.375 e. The van der Waals surface area contributed by atoms with Gasteiger partial charge in [0.05, 0.1) is 5.60 Å². The first-order valence-electron chi connectivity index (χ1n) is 11.5. The average Bonchev–Trinajstić information content (AvgIpc) is 3.19. The number of nitrogens with one attached hydrogen (secondary N) is 2. The molecule has 6 nitrogen and oxygen atoms in total. The molecule has 31 heavy (non-hydrogen) atoms. The van der Waals surface area contributed by atoms with Crippen molar-refractivity contribution in [1.29, 1.82) is 0 Å². The van der Waals surface area contributed by atoms with E-state index in [1.165, 1.54) is 36.8 Å². The predicted molar refractivity (Wildman–Crippen MR) is 135 cm³/mol. The Labute approximate surface area is 203 Å². The first-order valence-corrected chi connectivity index (χ1v) is 11.5. The minimum absolute atomic E-state index is 0. The van der Waals surface area contributed by atoms with Crippen molar-refractivity contribution >= 4 is 35.8 Å². The Kier molecular flexibility index (Phi) is 8.61. The highest BCUT2D eigenvalue weighted by molar-refractivity contribution is 14.0. The van der Waals surface area contributed by atoms with Crippen molar-refractivity contribution in [2.45, 2.75) is 75.5 Å². The van der Waals surface area contributed by atoms with Crippen molar-refractivity contribution in [3.8, 4) is 0 Å². The highest BCUT2D eigenvalue weighted by Crippen LogP contribution is 2.39. The van der Waals surface area contributed by atoms with E-state index in [1.807, 2.05) is 0 Å². The van der Waals surface area contributed by atoms with E-state index in [-0.39, 0.29) is 42.0 Å². The standard InChI is InChI=1S/C24H36N4O2.HI/c1-28(2)22(29)17-25-23(26-20-10-9-18-7-3-4-8-19(18)15-20)27-21-11-14-30-24(16-21)12-5-6-13-24;/h3-4,7-8,20-21H,5-6,9-17H2,1-2H3,(H2,25,26,27);1H. The first kappa shape index (κ1) is 24.3. The molecular weight excluding hydrogens is 503 g/mol. The molecule has 1 aliphatic heterocycles. The summed E-state index contributed by atoms with van der Waals surface area (Å²) in [7, 11) is 3.55. The molecule has 2 aliphatic carbocycles. The van der Waals surface area contributed by atoms with Crippen LogP contribution >= 0.6 is 24.0 Å². The van der Waals surface area contributed by atoms with Crippen LogP contribution in [0.2, 0.25) is 0 Å². The number of nitrogens with zero attached hydrogens (tertiary/aromatic N) is 2. The molecule has 1 saturated heterocycles. The smallest absolute Gasteiger partial charge is 0.243 e. The number of benzene rings is 1. The second-order valence-corrected chi connectivity index (χ2v) is 9.38. The first-order chi connectivity index (χ1) is 14.5. The van der Waals surface area contributed by atoms with Crippen molar-refractivity contribution < 1.29 is 9.53 Å². The normalized spacial score (nSPS) is 24.8. The molecule has 1 aromatic carbocycles. The average molecular weight is 540 g/mol. The zero-order valence-corrected chi connectivity index (χ0v) is 21.2. The molecule has 1 spiro atoms. The molecular formula is C24H37IN4O2. The summed E-state index contributed by atoms with van der Waals surface area (Å²) < 4.78 is 6.20. The Morgan fingerprint density at radius 1 is 1.13 bits per heavy atom. The second-order valence-electron chi connectivity index (χ2n) is 9.38. The van der Waals surface area contributed by atoms with E-state index in [2.05, 4.69) is 39.9 Å². The van der Waals surface area contributed by atoms with Crippen LogP contribution in [0.1, 0.15) is 56.1 Å². The van der Waals surface area contributed by atoms with Crippen LogP contribution in [-0.4, -0.2) is 61.7 Å². The van der Waals surface area contributed by atoms with Gasteiger partial charge >= 0.3 is 0 Å². The van der Waals surface area contributed by atoms with Crippen LogP contribution in [0.4, 0.5) is 0 Å². The largest absolute Gasteiger partial charge is 0.375 e. The van der Waals surface area contributed by atoms with E-state index < -0.39 is 0 Å². The van der Waals surface area contributed by atoms with Crippen LogP contribution in [0.5, 0.6) is 0 Å². The van der Waals surface area contributed by atoms with Crippen LogP contribution in [0.25, 0.3) is 0 Å². The Bertz CT molecular complexity index is 777. The summed E-state index contributed by atoms with van der Waals surface area (Å²) in [5, 5.41) is 7.31. The molecule has 1 heterocycles. The maximum atomic E-state index is 12.1. The molecule has 172 valence electrons. The quantitative estimate of drug-likeness (QED) is 0.350. The lowest BCUT2D eigenvalue weighted by molar-refractivity contribution is -0.127. The van der Waals surface area contributed by atoms with Gasteiger partial charge in [-0.15, -0.1) is 24.0 Å². The fraction of sp³-hybridized carbons (Fsp3) is 0.667. The Morgan fingerprint density at radius 3 is 2.58 bits per heavy atom.